The molecule has 0 aliphatic carbocycles. The lowest BCUT2D eigenvalue weighted by molar-refractivity contribution is 0.775. The van der Waals surface area contributed by atoms with Crippen LogP contribution in [0.3, 0.4) is 0 Å². The summed E-state index contributed by atoms with van der Waals surface area (Å²) < 4.78 is 1.58. The van der Waals surface area contributed by atoms with Crippen molar-refractivity contribution in [2.45, 2.75) is 13.8 Å². The third-order valence-corrected chi connectivity index (χ3v) is 2.60. The van der Waals surface area contributed by atoms with Gasteiger partial charge in [0, 0.05) is 6.20 Å². The van der Waals surface area contributed by atoms with Gasteiger partial charge in [-0.3, -0.25) is 0 Å². The molecule has 0 atom stereocenters. The third kappa shape index (κ3) is 1.66. The zero-order valence-electron chi connectivity index (χ0n) is 8.40. The number of nitrogen functional groups attached to an aromatic ring is 1. The van der Waals surface area contributed by atoms with Gasteiger partial charge in [-0.15, -0.1) is 0 Å². The van der Waals surface area contributed by atoms with Gasteiger partial charge in [0.1, 0.15) is 5.82 Å². The van der Waals surface area contributed by atoms with E-state index in [1.807, 2.05) is 13.8 Å². The number of anilines is 1. The zero-order chi connectivity index (χ0) is 11.0. The van der Waals surface area contributed by atoms with Crippen LogP contribution >= 0.6 is 11.6 Å². The van der Waals surface area contributed by atoms with E-state index in [0.29, 0.717) is 16.8 Å². The summed E-state index contributed by atoms with van der Waals surface area (Å²) in [7, 11) is 0. The smallest absolute Gasteiger partial charge is 0.252 e. The van der Waals surface area contributed by atoms with Crippen molar-refractivity contribution in [1.82, 2.24) is 19.7 Å². The van der Waals surface area contributed by atoms with E-state index in [1.165, 1.54) is 0 Å². The summed E-state index contributed by atoms with van der Waals surface area (Å²) in [4.78, 5) is 8.14. The number of aryl methyl sites for hydroxylation is 1. The van der Waals surface area contributed by atoms with Crippen molar-refractivity contribution in [3.63, 3.8) is 0 Å². The molecule has 0 saturated heterocycles. The van der Waals surface area contributed by atoms with Crippen LogP contribution in [0.2, 0.25) is 5.02 Å². The number of halogens is 1. The van der Waals surface area contributed by atoms with Crippen LogP contribution in [0.4, 0.5) is 5.82 Å². The topological polar surface area (TPSA) is 69.6 Å². The van der Waals surface area contributed by atoms with Gasteiger partial charge in [0.15, 0.2) is 0 Å². The lowest BCUT2D eigenvalue weighted by atomic mass is 10.4. The maximum atomic E-state index is 6.02. The SMILES string of the molecule is Cc1nn(-c2nccc(N)n2)c(C)c1Cl. The van der Waals surface area contributed by atoms with Crippen molar-refractivity contribution in [2.75, 3.05) is 5.73 Å². The second-order valence-electron chi connectivity index (χ2n) is 3.18. The molecular weight excluding hydrogens is 214 g/mol. The molecule has 2 aromatic rings. The van der Waals surface area contributed by atoms with Crippen LogP contribution in [0, 0.1) is 13.8 Å². The first-order valence-corrected chi connectivity index (χ1v) is 4.78. The van der Waals surface area contributed by atoms with Crippen molar-refractivity contribution in [1.29, 1.82) is 0 Å². The lowest BCUT2D eigenvalue weighted by Crippen LogP contribution is -2.06. The number of nitrogens with zero attached hydrogens (tertiary/aromatic N) is 4. The number of hydrogen-bond acceptors (Lipinski definition) is 4. The predicted octanol–water partition coefficient (Wildman–Crippen LogP) is 1.51. The van der Waals surface area contributed by atoms with Crippen LogP contribution in [0.5, 0.6) is 0 Å². The molecule has 78 valence electrons. The van der Waals surface area contributed by atoms with Crippen molar-refractivity contribution in [2.24, 2.45) is 0 Å². The van der Waals surface area contributed by atoms with Crippen LogP contribution in [0.15, 0.2) is 12.3 Å². The van der Waals surface area contributed by atoms with E-state index in [1.54, 1.807) is 16.9 Å². The average Bonchev–Trinajstić information content (AvgIpc) is 2.46. The quantitative estimate of drug-likeness (QED) is 0.796. The van der Waals surface area contributed by atoms with Crippen LogP contribution in [0.1, 0.15) is 11.4 Å². The summed E-state index contributed by atoms with van der Waals surface area (Å²) in [5, 5.41) is 4.85. The molecule has 0 aliphatic rings. The number of aromatic nitrogens is 4. The normalized spacial score (nSPS) is 10.6. The summed E-state index contributed by atoms with van der Waals surface area (Å²) in [6.45, 7) is 3.69. The molecule has 0 bridgehead atoms. The molecule has 0 aliphatic heterocycles. The molecule has 0 radical (unpaired) electrons. The molecule has 2 aromatic heterocycles. The Balaban J connectivity index is 2.59. The Kier molecular flexibility index (Phi) is 2.32. The zero-order valence-corrected chi connectivity index (χ0v) is 9.15. The monoisotopic (exact) mass is 223 g/mol. The number of nitrogens with two attached hydrogens (primary N) is 1. The van der Waals surface area contributed by atoms with E-state index in [-0.39, 0.29) is 0 Å². The number of rotatable bonds is 1. The Morgan fingerprint density at radius 3 is 2.67 bits per heavy atom. The second kappa shape index (κ2) is 3.51. The number of hydrogen-bond donors (Lipinski definition) is 1. The van der Waals surface area contributed by atoms with Gasteiger partial charge in [0.05, 0.1) is 16.4 Å². The van der Waals surface area contributed by atoms with Crippen molar-refractivity contribution < 1.29 is 0 Å². The molecular formula is C9H10ClN5. The molecule has 0 spiro atoms. The van der Waals surface area contributed by atoms with E-state index in [9.17, 15) is 0 Å². The summed E-state index contributed by atoms with van der Waals surface area (Å²) in [6.07, 6.45) is 1.59. The molecule has 0 saturated carbocycles. The Morgan fingerprint density at radius 1 is 1.40 bits per heavy atom. The predicted molar refractivity (Wildman–Crippen MR) is 58.1 cm³/mol. The summed E-state index contributed by atoms with van der Waals surface area (Å²) >= 11 is 6.02. The van der Waals surface area contributed by atoms with Gasteiger partial charge in [-0.25, -0.2) is 9.67 Å². The van der Waals surface area contributed by atoms with E-state index in [0.717, 1.165) is 11.4 Å². The molecule has 2 heterocycles. The van der Waals surface area contributed by atoms with Crippen molar-refractivity contribution >= 4 is 17.4 Å². The molecule has 0 fully saturated rings. The van der Waals surface area contributed by atoms with E-state index in [4.69, 9.17) is 17.3 Å². The highest BCUT2D eigenvalue weighted by atomic mass is 35.5. The first-order valence-electron chi connectivity index (χ1n) is 4.40. The Morgan fingerprint density at radius 2 is 2.13 bits per heavy atom. The standard InChI is InChI=1S/C9H10ClN5/c1-5-8(10)6(2)15(14-5)9-12-4-3-7(11)13-9/h3-4H,1-2H3,(H2,11,12,13). The summed E-state index contributed by atoms with van der Waals surface area (Å²) in [5.41, 5.74) is 7.12. The van der Waals surface area contributed by atoms with Gasteiger partial charge in [-0.1, -0.05) is 11.6 Å². The van der Waals surface area contributed by atoms with Gasteiger partial charge in [0.25, 0.3) is 5.95 Å². The Hall–Kier alpha value is -1.62. The highest BCUT2D eigenvalue weighted by molar-refractivity contribution is 6.31. The average molecular weight is 224 g/mol. The fourth-order valence-corrected chi connectivity index (χ4v) is 1.40. The van der Waals surface area contributed by atoms with E-state index in [2.05, 4.69) is 15.1 Å². The van der Waals surface area contributed by atoms with Crippen LogP contribution in [-0.2, 0) is 0 Å². The van der Waals surface area contributed by atoms with Crippen LogP contribution in [-0.4, -0.2) is 19.7 Å². The van der Waals surface area contributed by atoms with E-state index >= 15 is 0 Å². The highest BCUT2D eigenvalue weighted by Gasteiger charge is 2.12. The van der Waals surface area contributed by atoms with Gasteiger partial charge < -0.3 is 5.73 Å². The Bertz CT molecular complexity index is 505. The summed E-state index contributed by atoms with van der Waals surface area (Å²) in [6, 6.07) is 1.62. The minimum absolute atomic E-state index is 0.406. The van der Waals surface area contributed by atoms with E-state index < -0.39 is 0 Å². The molecule has 0 aromatic carbocycles. The lowest BCUT2D eigenvalue weighted by Gasteiger charge is -2.01. The second-order valence-corrected chi connectivity index (χ2v) is 3.56. The van der Waals surface area contributed by atoms with Crippen LogP contribution < -0.4 is 5.73 Å². The van der Waals surface area contributed by atoms with Crippen molar-refractivity contribution in [3.05, 3.63) is 28.7 Å². The summed E-state index contributed by atoms with van der Waals surface area (Å²) in [5.74, 6) is 0.839. The third-order valence-electron chi connectivity index (χ3n) is 2.06. The minimum Gasteiger partial charge on any atom is -0.384 e. The first kappa shape index (κ1) is 9.92. The highest BCUT2D eigenvalue weighted by Crippen LogP contribution is 2.20. The maximum Gasteiger partial charge on any atom is 0.252 e. The molecule has 5 nitrogen and oxygen atoms in total. The molecule has 0 unspecified atom stereocenters. The fraction of sp³-hybridized carbons (Fsp3) is 0.222. The molecule has 0 amide bonds. The van der Waals surface area contributed by atoms with Crippen LogP contribution in [0.25, 0.3) is 5.95 Å². The minimum atomic E-state index is 0.406. The molecule has 6 heteroatoms. The van der Waals surface area contributed by atoms with Gasteiger partial charge in [-0.05, 0) is 19.9 Å². The van der Waals surface area contributed by atoms with Gasteiger partial charge in [0.2, 0.25) is 0 Å². The molecule has 2 N–H and O–H groups in total. The van der Waals surface area contributed by atoms with Crippen molar-refractivity contribution in [3.8, 4) is 5.95 Å². The van der Waals surface area contributed by atoms with Gasteiger partial charge in [-0.2, -0.15) is 10.1 Å². The largest absolute Gasteiger partial charge is 0.384 e. The molecule has 15 heavy (non-hydrogen) atoms. The Labute approximate surface area is 91.9 Å². The maximum absolute atomic E-state index is 6.02. The fourth-order valence-electron chi connectivity index (χ4n) is 1.28. The van der Waals surface area contributed by atoms with Gasteiger partial charge >= 0.3 is 0 Å². The molecule has 2 rings (SSSR count). The first-order chi connectivity index (χ1) is 7.09.